The lowest BCUT2D eigenvalue weighted by molar-refractivity contribution is 0.0729. The van der Waals surface area contributed by atoms with Crippen LogP contribution in [-0.4, -0.2) is 42.1 Å². The Hall–Kier alpha value is -3.82. The van der Waals surface area contributed by atoms with Crippen LogP contribution in [0.15, 0.2) is 89.7 Å². The SMILES string of the molecule is O=C(c1csc(CSc2nnc(-c3ccncc3)n2-c2ccccc2)n1)N1CCc2ccccc2C1. The first-order valence-electron chi connectivity index (χ1n) is 11.6. The third kappa shape index (κ3) is 4.55. The summed E-state index contributed by atoms with van der Waals surface area (Å²) < 4.78 is 2.05. The number of carbonyl (C=O) groups is 1. The summed E-state index contributed by atoms with van der Waals surface area (Å²) in [5.41, 5.74) is 4.98. The van der Waals surface area contributed by atoms with Crippen LogP contribution in [0.25, 0.3) is 17.1 Å². The van der Waals surface area contributed by atoms with Crippen molar-refractivity contribution in [3.05, 3.63) is 106 Å². The number of carbonyl (C=O) groups excluding carboxylic acids is 1. The Morgan fingerprint density at radius 2 is 1.72 bits per heavy atom. The minimum Gasteiger partial charge on any atom is -0.333 e. The summed E-state index contributed by atoms with van der Waals surface area (Å²) in [6.45, 7) is 1.35. The number of thioether (sulfide) groups is 1. The number of fused-ring (bicyclic) bond motifs is 1. The van der Waals surface area contributed by atoms with Gasteiger partial charge in [0.15, 0.2) is 11.0 Å². The maximum atomic E-state index is 13.1. The molecule has 178 valence electrons. The van der Waals surface area contributed by atoms with E-state index in [9.17, 15) is 4.79 Å². The molecule has 0 bridgehead atoms. The monoisotopic (exact) mass is 510 g/mol. The molecule has 0 aliphatic carbocycles. The van der Waals surface area contributed by atoms with Crippen molar-refractivity contribution in [2.45, 2.75) is 23.9 Å². The van der Waals surface area contributed by atoms with Crippen molar-refractivity contribution in [1.29, 1.82) is 0 Å². The second-order valence-electron chi connectivity index (χ2n) is 8.37. The molecule has 1 aliphatic heterocycles. The van der Waals surface area contributed by atoms with Crippen LogP contribution in [0.2, 0.25) is 0 Å². The molecule has 0 N–H and O–H groups in total. The highest BCUT2D eigenvalue weighted by Crippen LogP contribution is 2.30. The lowest BCUT2D eigenvalue weighted by Crippen LogP contribution is -2.36. The number of thiazole rings is 1. The molecule has 7 nitrogen and oxygen atoms in total. The maximum absolute atomic E-state index is 13.1. The van der Waals surface area contributed by atoms with Gasteiger partial charge in [0.05, 0.1) is 5.75 Å². The average Bonchev–Trinajstić information content (AvgIpc) is 3.59. The third-order valence-corrected chi connectivity index (χ3v) is 8.07. The van der Waals surface area contributed by atoms with Gasteiger partial charge < -0.3 is 4.90 Å². The van der Waals surface area contributed by atoms with Gasteiger partial charge in [-0.1, -0.05) is 54.2 Å². The molecule has 0 unspecified atom stereocenters. The Kier molecular flexibility index (Phi) is 6.31. The van der Waals surface area contributed by atoms with Crippen molar-refractivity contribution in [3.63, 3.8) is 0 Å². The van der Waals surface area contributed by atoms with Gasteiger partial charge in [-0.15, -0.1) is 21.5 Å². The summed E-state index contributed by atoms with van der Waals surface area (Å²) in [5.74, 6) is 1.35. The van der Waals surface area contributed by atoms with E-state index in [0.29, 0.717) is 18.0 Å². The van der Waals surface area contributed by atoms with Crippen molar-refractivity contribution < 1.29 is 4.79 Å². The second kappa shape index (κ2) is 10.0. The number of benzene rings is 2. The largest absolute Gasteiger partial charge is 0.333 e. The molecular formula is C27H22N6OS2. The fraction of sp³-hybridized carbons (Fsp3) is 0.148. The van der Waals surface area contributed by atoms with Gasteiger partial charge in [-0.3, -0.25) is 14.3 Å². The Morgan fingerprint density at radius 3 is 2.56 bits per heavy atom. The highest BCUT2D eigenvalue weighted by molar-refractivity contribution is 7.98. The zero-order chi connectivity index (χ0) is 24.3. The van der Waals surface area contributed by atoms with Crippen molar-refractivity contribution in [3.8, 4) is 17.1 Å². The number of hydrogen-bond acceptors (Lipinski definition) is 7. The summed E-state index contributed by atoms with van der Waals surface area (Å²) in [6, 6.07) is 22.2. The van der Waals surface area contributed by atoms with E-state index in [-0.39, 0.29) is 5.91 Å². The van der Waals surface area contributed by atoms with Crippen LogP contribution in [0.3, 0.4) is 0 Å². The molecule has 1 amide bonds. The highest BCUT2D eigenvalue weighted by Gasteiger charge is 2.24. The van der Waals surface area contributed by atoms with E-state index < -0.39 is 0 Å². The van der Waals surface area contributed by atoms with E-state index >= 15 is 0 Å². The standard InChI is InChI=1S/C27H22N6OS2/c34-26(32-15-12-19-6-4-5-7-21(19)16-32)23-17-35-24(29-23)18-36-27-31-30-25(20-10-13-28-14-11-20)33(27)22-8-2-1-3-9-22/h1-11,13-14,17H,12,15-16,18H2. The van der Waals surface area contributed by atoms with Gasteiger partial charge in [0.1, 0.15) is 10.7 Å². The van der Waals surface area contributed by atoms with Crippen LogP contribution in [0.5, 0.6) is 0 Å². The molecule has 9 heteroatoms. The number of para-hydroxylation sites is 1. The predicted octanol–water partition coefficient (Wildman–Crippen LogP) is 5.28. The Balaban J connectivity index is 1.20. The highest BCUT2D eigenvalue weighted by atomic mass is 32.2. The number of pyridine rings is 1. The molecule has 0 fully saturated rings. The van der Waals surface area contributed by atoms with E-state index in [1.165, 1.54) is 22.5 Å². The lowest BCUT2D eigenvalue weighted by Gasteiger charge is -2.28. The van der Waals surface area contributed by atoms with Gasteiger partial charge in [0, 0.05) is 42.1 Å². The minimum absolute atomic E-state index is 0.00979. The normalized spacial score (nSPS) is 12.9. The van der Waals surface area contributed by atoms with Gasteiger partial charge in [-0.05, 0) is 41.8 Å². The molecule has 2 aromatic carbocycles. The predicted molar refractivity (Wildman–Crippen MR) is 141 cm³/mol. The number of rotatable bonds is 6. The van der Waals surface area contributed by atoms with Crippen molar-refractivity contribution in [1.82, 2.24) is 29.6 Å². The molecule has 0 saturated heterocycles. The first-order chi connectivity index (χ1) is 17.8. The summed E-state index contributed by atoms with van der Waals surface area (Å²) in [6.07, 6.45) is 4.38. The van der Waals surface area contributed by atoms with E-state index in [2.05, 4.69) is 38.4 Å². The third-order valence-electron chi connectivity index (χ3n) is 6.10. The zero-order valence-electron chi connectivity index (χ0n) is 19.3. The minimum atomic E-state index is -0.00979. The molecule has 0 atom stereocenters. The molecule has 6 rings (SSSR count). The lowest BCUT2D eigenvalue weighted by atomic mass is 10.00. The first-order valence-corrected chi connectivity index (χ1v) is 13.5. The van der Waals surface area contributed by atoms with Gasteiger partial charge in [0.2, 0.25) is 0 Å². The van der Waals surface area contributed by atoms with Crippen LogP contribution in [-0.2, 0) is 18.7 Å². The first kappa shape index (κ1) is 22.6. The van der Waals surface area contributed by atoms with Crippen LogP contribution < -0.4 is 0 Å². The Bertz CT molecular complexity index is 1500. The summed E-state index contributed by atoms with van der Waals surface area (Å²) in [5, 5.41) is 12.5. The van der Waals surface area contributed by atoms with Crippen LogP contribution in [0.1, 0.15) is 26.6 Å². The molecule has 0 saturated carbocycles. The number of amides is 1. The van der Waals surface area contributed by atoms with Crippen molar-refractivity contribution >= 4 is 29.0 Å². The fourth-order valence-corrected chi connectivity index (χ4v) is 6.03. The molecule has 5 aromatic rings. The van der Waals surface area contributed by atoms with E-state index in [0.717, 1.165) is 40.2 Å². The van der Waals surface area contributed by atoms with Crippen LogP contribution in [0.4, 0.5) is 0 Å². The van der Waals surface area contributed by atoms with Gasteiger partial charge in [-0.25, -0.2) is 4.98 Å². The van der Waals surface area contributed by atoms with Crippen molar-refractivity contribution in [2.75, 3.05) is 6.54 Å². The second-order valence-corrected chi connectivity index (χ2v) is 10.3. The quantitative estimate of drug-likeness (QED) is 0.290. The fourth-order valence-electron chi connectivity index (χ4n) is 4.29. The zero-order valence-corrected chi connectivity index (χ0v) is 21.0. The summed E-state index contributed by atoms with van der Waals surface area (Å²) in [7, 11) is 0. The molecule has 3 aromatic heterocycles. The van der Waals surface area contributed by atoms with Gasteiger partial charge in [-0.2, -0.15) is 0 Å². The smallest absolute Gasteiger partial charge is 0.273 e. The summed E-state index contributed by atoms with van der Waals surface area (Å²) in [4.78, 5) is 23.8. The number of nitrogens with zero attached hydrogens (tertiary/aromatic N) is 6. The van der Waals surface area contributed by atoms with Crippen LogP contribution in [0, 0.1) is 0 Å². The Labute approximate surface area is 216 Å². The Morgan fingerprint density at radius 1 is 0.944 bits per heavy atom. The molecular weight excluding hydrogens is 488 g/mol. The topological polar surface area (TPSA) is 76.8 Å². The molecule has 4 heterocycles. The van der Waals surface area contributed by atoms with E-state index in [1.54, 1.807) is 24.2 Å². The number of hydrogen-bond donors (Lipinski definition) is 0. The van der Waals surface area contributed by atoms with Gasteiger partial charge >= 0.3 is 0 Å². The summed E-state index contributed by atoms with van der Waals surface area (Å²) >= 11 is 3.06. The van der Waals surface area contributed by atoms with Crippen LogP contribution >= 0.6 is 23.1 Å². The van der Waals surface area contributed by atoms with Crippen molar-refractivity contribution in [2.24, 2.45) is 0 Å². The molecule has 0 spiro atoms. The van der Waals surface area contributed by atoms with Gasteiger partial charge in [0.25, 0.3) is 5.91 Å². The molecule has 0 radical (unpaired) electrons. The van der Waals surface area contributed by atoms with E-state index in [4.69, 9.17) is 0 Å². The average molecular weight is 511 g/mol. The maximum Gasteiger partial charge on any atom is 0.273 e. The molecule has 1 aliphatic rings. The van der Waals surface area contributed by atoms with E-state index in [1.807, 2.05) is 63.4 Å². The number of aromatic nitrogens is 5. The molecule has 36 heavy (non-hydrogen) atoms.